The zero-order chi connectivity index (χ0) is 15.1. The second-order valence-electron chi connectivity index (χ2n) is 6.49. The SMILES string of the molecule is COc1ccc(-c2cn(C3C[C@H]4CC[C@@H](C3)N4C)nn2)cc1. The number of methoxy groups -OCH3 is 1. The first-order valence-electron chi connectivity index (χ1n) is 8.03. The van der Waals surface area contributed by atoms with Crippen molar-refractivity contribution in [1.29, 1.82) is 0 Å². The highest BCUT2D eigenvalue weighted by Crippen LogP contribution is 2.39. The van der Waals surface area contributed by atoms with Crippen LogP contribution in [-0.4, -0.2) is 46.1 Å². The predicted octanol–water partition coefficient (Wildman–Crippen LogP) is 2.75. The van der Waals surface area contributed by atoms with Gasteiger partial charge in [0.05, 0.1) is 19.3 Å². The van der Waals surface area contributed by atoms with Gasteiger partial charge < -0.3 is 9.64 Å². The molecule has 5 heteroatoms. The first-order valence-corrected chi connectivity index (χ1v) is 8.03. The van der Waals surface area contributed by atoms with E-state index < -0.39 is 0 Å². The van der Waals surface area contributed by atoms with Gasteiger partial charge in [0.15, 0.2) is 0 Å². The van der Waals surface area contributed by atoms with Gasteiger partial charge in [-0.25, -0.2) is 4.68 Å². The van der Waals surface area contributed by atoms with Crippen LogP contribution in [0.2, 0.25) is 0 Å². The Morgan fingerprint density at radius 3 is 2.36 bits per heavy atom. The minimum Gasteiger partial charge on any atom is -0.497 e. The molecule has 5 nitrogen and oxygen atoms in total. The molecule has 1 unspecified atom stereocenters. The molecule has 1 aromatic carbocycles. The smallest absolute Gasteiger partial charge is 0.118 e. The van der Waals surface area contributed by atoms with Gasteiger partial charge in [-0.1, -0.05) is 5.21 Å². The summed E-state index contributed by atoms with van der Waals surface area (Å²) in [6.07, 6.45) is 7.14. The molecule has 0 aliphatic carbocycles. The van der Waals surface area contributed by atoms with Crippen molar-refractivity contribution in [3.05, 3.63) is 30.5 Å². The average Bonchev–Trinajstić information content (AvgIpc) is 3.10. The third-order valence-electron chi connectivity index (χ3n) is 5.34. The minimum atomic E-state index is 0.494. The van der Waals surface area contributed by atoms with E-state index in [1.54, 1.807) is 7.11 Å². The molecule has 1 aromatic heterocycles. The summed E-state index contributed by atoms with van der Waals surface area (Å²) < 4.78 is 7.28. The van der Waals surface area contributed by atoms with Crippen LogP contribution in [0.25, 0.3) is 11.3 Å². The maximum Gasteiger partial charge on any atom is 0.118 e. The number of piperidine rings is 1. The van der Waals surface area contributed by atoms with Crippen molar-refractivity contribution in [3.63, 3.8) is 0 Å². The number of hydrogen-bond acceptors (Lipinski definition) is 4. The van der Waals surface area contributed by atoms with Gasteiger partial charge in [-0.05, 0) is 57.0 Å². The van der Waals surface area contributed by atoms with Crippen LogP contribution < -0.4 is 4.74 Å². The molecule has 2 aromatic rings. The van der Waals surface area contributed by atoms with Gasteiger partial charge in [-0.2, -0.15) is 0 Å². The van der Waals surface area contributed by atoms with Crippen LogP contribution in [0.3, 0.4) is 0 Å². The summed E-state index contributed by atoms with van der Waals surface area (Å²) in [4.78, 5) is 2.55. The third kappa shape index (κ3) is 2.29. The number of nitrogens with zero attached hydrogens (tertiary/aromatic N) is 4. The molecule has 0 radical (unpaired) electrons. The Hall–Kier alpha value is -1.88. The lowest BCUT2D eigenvalue weighted by Gasteiger charge is -2.36. The molecule has 2 saturated heterocycles. The number of benzene rings is 1. The molecule has 116 valence electrons. The van der Waals surface area contributed by atoms with Gasteiger partial charge in [-0.3, -0.25) is 0 Å². The molecule has 0 N–H and O–H groups in total. The Morgan fingerprint density at radius 2 is 1.73 bits per heavy atom. The Morgan fingerprint density at radius 1 is 1.05 bits per heavy atom. The van der Waals surface area contributed by atoms with E-state index in [4.69, 9.17) is 4.74 Å². The van der Waals surface area contributed by atoms with E-state index in [2.05, 4.69) is 33.1 Å². The molecular weight excluding hydrogens is 276 g/mol. The Bertz CT molecular complexity index is 637. The molecule has 0 saturated carbocycles. The van der Waals surface area contributed by atoms with Gasteiger partial charge in [0, 0.05) is 17.6 Å². The monoisotopic (exact) mass is 298 g/mol. The molecule has 3 heterocycles. The van der Waals surface area contributed by atoms with Crippen molar-refractivity contribution < 1.29 is 4.74 Å². The summed E-state index contributed by atoms with van der Waals surface area (Å²) >= 11 is 0. The van der Waals surface area contributed by atoms with Gasteiger partial charge in [0.2, 0.25) is 0 Å². The van der Waals surface area contributed by atoms with Crippen LogP contribution >= 0.6 is 0 Å². The third-order valence-corrected chi connectivity index (χ3v) is 5.34. The second kappa shape index (κ2) is 5.39. The summed E-state index contributed by atoms with van der Waals surface area (Å²) in [6.45, 7) is 0. The fraction of sp³-hybridized carbons (Fsp3) is 0.529. The summed E-state index contributed by atoms with van der Waals surface area (Å²) in [5, 5.41) is 8.76. The van der Waals surface area contributed by atoms with E-state index >= 15 is 0 Å². The second-order valence-corrected chi connectivity index (χ2v) is 6.49. The van der Waals surface area contributed by atoms with Crippen molar-refractivity contribution in [1.82, 2.24) is 19.9 Å². The lowest BCUT2D eigenvalue weighted by Crippen LogP contribution is -2.40. The van der Waals surface area contributed by atoms with Crippen LogP contribution in [0.5, 0.6) is 5.75 Å². The van der Waals surface area contributed by atoms with Gasteiger partial charge in [0.25, 0.3) is 0 Å². The molecule has 3 atom stereocenters. The van der Waals surface area contributed by atoms with E-state index in [0.717, 1.165) is 29.1 Å². The zero-order valence-electron chi connectivity index (χ0n) is 13.1. The molecule has 2 bridgehead atoms. The van der Waals surface area contributed by atoms with Crippen LogP contribution in [0.1, 0.15) is 31.7 Å². The molecule has 2 aliphatic heterocycles. The summed E-state index contributed by atoms with van der Waals surface area (Å²) in [7, 11) is 3.95. The maximum atomic E-state index is 5.20. The fourth-order valence-corrected chi connectivity index (χ4v) is 3.95. The molecular formula is C17H22N4O. The van der Waals surface area contributed by atoms with Crippen LogP contribution in [-0.2, 0) is 0 Å². The quantitative estimate of drug-likeness (QED) is 0.874. The van der Waals surface area contributed by atoms with Gasteiger partial charge in [-0.15, -0.1) is 5.10 Å². The Labute approximate surface area is 130 Å². The van der Waals surface area contributed by atoms with Crippen molar-refractivity contribution >= 4 is 0 Å². The van der Waals surface area contributed by atoms with E-state index in [0.29, 0.717) is 6.04 Å². The lowest BCUT2D eigenvalue weighted by molar-refractivity contribution is 0.130. The summed E-state index contributed by atoms with van der Waals surface area (Å²) in [6, 6.07) is 9.92. The van der Waals surface area contributed by atoms with Crippen LogP contribution in [0, 0.1) is 0 Å². The van der Waals surface area contributed by atoms with Crippen molar-refractivity contribution in [2.75, 3.05) is 14.2 Å². The topological polar surface area (TPSA) is 43.2 Å². The largest absolute Gasteiger partial charge is 0.497 e. The van der Waals surface area contributed by atoms with Crippen molar-refractivity contribution in [3.8, 4) is 17.0 Å². The van der Waals surface area contributed by atoms with Crippen LogP contribution in [0.4, 0.5) is 0 Å². The van der Waals surface area contributed by atoms with E-state index in [-0.39, 0.29) is 0 Å². The average molecular weight is 298 g/mol. The highest BCUT2D eigenvalue weighted by atomic mass is 16.5. The van der Waals surface area contributed by atoms with Gasteiger partial charge in [0.1, 0.15) is 11.4 Å². The molecule has 2 fully saturated rings. The van der Waals surface area contributed by atoms with Gasteiger partial charge >= 0.3 is 0 Å². The first kappa shape index (κ1) is 13.8. The maximum absolute atomic E-state index is 5.20. The standard InChI is InChI=1S/C17H22N4O/c1-20-13-5-6-14(20)10-15(9-13)21-11-17(18-19-21)12-3-7-16(22-2)8-4-12/h3-4,7-8,11,13-15H,5-6,9-10H2,1-2H3/t13-,14+,15?. The molecule has 22 heavy (non-hydrogen) atoms. The highest BCUT2D eigenvalue weighted by Gasteiger charge is 2.39. The minimum absolute atomic E-state index is 0.494. The van der Waals surface area contributed by atoms with Crippen LogP contribution in [0.15, 0.2) is 30.5 Å². The van der Waals surface area contributed by atoms with Crippen molar-refractivity contribution in [2.24, 2.45) is 0 Å². The Balaban J connectivity index is 1.54. The first-order chi connectivity index (χ1) is 10.7. The number of hydrogen-bond donors (Lipinski definition) is 0. The van der Waals surface area contributed by atoms with Crippen molar-refractivity contribution in [2.45, 2.75) is 43.8 Å². The number of rotatable bonds is 3. The number of aromatic nitrogens is 3. The highest BCUT2D eigenvalue weighted by molar-refractivity contribution is 5.58. The fourth-order valence-electron chi connectivity index (χ4n) is 3.95. The number of ether oxygens (including phenoxy) is 1. The zero-order valence-corrected chi connectivity index (χ0v) is 13.1. The molecule has 4 rings (SSSR count). The van der Waals surface area contributed by atoms with E-state index in [1.807, 2.05) is 24.3 Å². The molecule has 2 aliphatic rings. The molecule has 0 spiro atoms. The molecule has 0 amide bonds. The number of fused-ring (bicyclic) bond motifs is 2. The normalized spacial score (nSPS) is 28.0. The van der Waals surface area contributed by atoms with E-state index in [1.165, 1.54) is 25.7 Å². The lowest BCUT2D eigenvalue weighted by atomic mass is 9.98. The predicted molar refractivity (Wildman–Crippen MR) is 84.9 cm³/mol. The summed E-state index contributed by atoms with van der Waals surface area (Å²) in [5.74, 6) is 0.864. The summed E-state index contributed by atoms with van der Waals surface area (Å²) in [5.41, 5.74) is 2.02. The van der Waals surface area contributed by atoms with E-state index in [9.17, 15) is 0 Å². The Kier molecular flexibility index (Phi) is 3.37.